The number of aryl methyl sites for hydroxylation is 1. The highest BCUT2D eigenvalue weighted by atomic mass is 16.5. The molecule has 1 aromatic carbocycles. The molecule has 0 aliphatic heterocycles. The molecule has 114 valence electrons. The molecule has 0 amide bonds. The first kappa shape index (κ1) is 14.9. The number of ether oxygens (including phenoxy) is 1. The zero-order valence-corrected chi connectivity index (χ0v) is 12.8. The van der Waals surface area contributed by atoms with E-state index in [4.69, 9.17) is 4.74 Å². The standard InChI is InChI=1S/C19H16N2O2/c1-14-10-11-17(23-13-15-7-3-2-4-8-15)18(21-14)19(22)16-9-5-6-12-20-16/h2-12H,13H2,1H3. The Labute approximate surface area is 134 Å². The summed E-state index contributed by atoms with van der Waals surface area (Å²) < 4.78 is 5.81. The van der Waals surface area contributed by atoms with E-state index in [-0.39, 0.29) is 5.78 Å². The summed E-state index contributed by atoms with van der Waals surface area (Å²) >= 11 is 0. The first-order chi connectivity index (χ1) is 11.2. The number of pyridine rings is 2. The lowest BCUT2D eigenvalue weighted by atomic mass is 10.1. The van der Waals surface area contributed by atoms with Gasteiger partial charge in [-0.2, -0.15) is 0 Å². The lowest BCUT2D eigenvalue weighted by Crippen LogP contribution is -2.10. The van der Waals surface area contributed by atoms with E-state index in [1.54, 1.807) is 30.5 Å². The number of rotatable bonds is 5. The van der Waals surface area contributed by atoms with E-state index < -0.39 is 0 Å². The highest BCUT2D eigenvalue weighted by molar-refractivity contribution is 6.08. The van der Waals surface area contributed by atoms with Gasteiger partial charge in [-0.3, -0.25) is 9.78 Å². The minimum atomic E-state index is -0.239. The Hall–Kier alpha value is -3.01. The molecule has 0 fully saturated rings. The summed E-state index contributed by atoms with van der Waals surface area (Å²) in [6.07, 6.45) is 1.59. The summed E-state index contributed by atoms with van der Waals surface area (Å²) in [5.41, 5.74) is 2.44. The fourth-order valence-electron chi connectivity index (χ4n) is 2.18. The molecule has 3 aromatic rings. The van der Waals surface area contributed by atoms with E-state index in [1.807, 2.05) is 43.3 Å². The fraction of sp³-hybridized carbons (Fsp3) is 0.105. The third-order valence-corrected chi connectivity index (χ3v) is 3.35. The fourth-order valence-corrected chi connectivity index (χ4v) is 2.18. The monoisotopic (exact) mass is 304 g/mol. The first-order valence-electron chi connectivity index (χ1n) is 7.34. The third kappa shape index (κ3) is 3.61. The predicted molar refractivity (Wildman–Crippen MR) is 87.4 cm³/mol. The van der Waals surface area contributed by atoms with Crippen LogP contribution in [0.25, 0.3) is 0 Å². The van der Waals surface area contributed by atoms with Crippen molar-refractivity contribution in [3.05, 3.63) is 89.5 Å². The molecule has 4 nitrogen and oxygen atoms in total. The van der Waals surface area contributed by atoms with Crippen molar-refractivity contribution in [2.24, 2.45) is 0 Å². The maximum Gasteiger partial charge on any atom is 0.233 e. The zero-order chi connectivity index (χ0) is 16.1. The first-order valence-corrected chi connectivity index (χ1v) is 7.34. The molecule has 0 radical (unpaired) electrons. The van der Waals surface area contributed by atoms with Crippen molar-refractivity contribution < 1.29 is 9.53 Å². The molecule has 2 aromatic heterocycles. The lowest BCUT2D eigenvalue weighted by molar-refractivity contribution is 0.102. The van der Waals surface area contributed by atoms with Crippen molar-refractivity contribution >= 4 is 5.78 Å². The Kier molecular flexibility index (Phi) is 4.43. The highest BCUT2D eigenvalue weighted by Gasteiger charge is 2.18. The van der Waals surface area contributed by atoms with E-state index >= 15 is 0 Å². The van der Waals surface area contributed by atoms with Crippen LogP contribution in [0, 0.1) is 6.92 Å². The van der Waals surface area contributed by atoms with Crippen LogP contribution < -0.4 is 4.74 Å². The average molecular weight is 304 g/mol. The number of nitrogens with zero attached hydrogens (tertiary/aromatic N) is 2. The Balaban J connectivity index is 1.87. The molecule has 4 heteroatoms. The number of benzene rings is 1. The van der Waals surface area contributed by atoms with E-state index in [9.17, 15) is 4.79 Å². The van der Waals surface area contributed by atoms with Crippen molar-refractivity contribution in [3.8, 4) is 5.75 Å². The molecule has 0 spiro atoms. The van der Waals surface area contributed by atoms with Crippen LogP contribution >= 0.6 is 0 Å². The molecule has 0 saturated carbocycles. The van der Waals surface area contributed by atoms with Crippen molar-refractivity contribution in [1.29, 1.82) is 0 Å². The van der Waals surface area contributed by atoms with Crippen LogP contribution in [-0.2, 0) is 6.61 Å². The summed E-state index contributed by atoms with van der Waals surface area (Å²) in [4.78, 5) is 21.1. The molecule has 0 aliphatic carbocycles. The van der Waals surface area contributed by atoms with Crippen LogP contribution in [0.2, 0.25) is 0 Å². The van der Waals surface area contributed by atoms with Crippen LogP contribution in [0.1, 0.15) is 27.4 Å². The minimum Gasteiger partial charge on any atom is -0.486 e. The molecule has 0 atom stereocenters. The smallest absolute Gasteiger partial charge is 0.233 e. The lowest BCUT2D eigenvalue weighted by Gasteiger charge is -2.11. The number of ketones is 1. The van der Waals surface area contributed by atoms with Gasteiger partial charge in [-0.15, -0.1) is 0 Å². The second kappa shape index (κ2) is 6.83. The van der Waals surface area contributed by atoms with Crippen molar-refractivity contribution in [1.82, 2.24) is 9.97 Å². The normalized spacial score (nSPS) is 10.3. The largest absolute Gasteiger partial charge is 0.486 e. The number of hydrogen-bond donors (Lipinski definition) is 0. The van der Waals surface area contributed by atoms with Gasteiger partial charge in [0.25, 0.3) is 0 Å². The van der Waals surface area contributed by atoms with Gasteiger partial charge in [0.15, 0.2) is 5.69 Å². The van der Waals surface area contributed by atoms with Crippen LogP contribution in [0.3, 0.4) is 0 Å². The van der Waals surface area contributed by atoms with Crippen LogP contribution in [0.15, 0.2) is 66.9 Å². The van der Waals surface area contributed by atoms with Gasteiger partial charge in [-0.05, 0) is 36.8 Å². The van der Waals surface area contributed by atoms with Crippen LogP contribution in [0.5, 0.6) is 5.75 Å². The molecule has 2 heterocycles. The van der Waals surface area contributed by atoms with Crippen molar-refractivity contribution in [3.63, 3.8) is 0 Å². The topological polar surface area (TPSA) is 52.1 Å². The van der Waals surface area contributed by atoms with Gasteiger partial charge >= 0.3 is 0 Å². The van der Waals surface area contributed by atoms with Gasteiger partial charge in [-0.25, -0.2) is 4.98 Å². The SMILES string of the molecule is Cc1ccc(OCc2ccccc2)c(C(=O)c2ccccn2)n1. The number of carbonyl (C=O) groups excluding carboxylic acids is 1. The molecular weight excluding hydrogens is 288 g/mol. The van der Waals surface area contributed by atoms with E-state index in [0.717, 1.165) is 11.3 Å². The van der Waals surface area contributed by atoms with E-state index in [1.165, 1.54) is 0 Å². The minimum absolute atomic E-state index is 0.239. The summed E-state index contributed by atoms with van der Waals surface area (Å²) in [6.45, 7) is 2.23. The van der Waals surface area contributed by atoms with Gasteiger partial charge < -0.3 is 4.74 Å². The maximum atomic E-state index is 12.6. The molecule has 0 N–H and O–H groups in total. The second-order valence-electron chi connectivity index (χ2n) is 5.12. The second-order valence-corrected chi connectivity index (χ2v) is 5.12. The average Bonchev–Trinajstić information content (AvgIpc) is 2.61. The van der Waals surface area contributed by atoms with Crippen LogP contribution in [0.4, 0.5) is 0 Å². The Bertz CT molecular complexity index is 802. The summed E-state index contributed by atoms with van der Waals surface area (Å²) in [5, 5.41) is 0. The van der Waals surface area contributed by atoms with Crippen LogP contribution in [-0.4, -0.2) is 15.8 Å². The Morgan fingerprint density at radius 1 is 1.00 bits per heavy atom. The van der Waals surface area contributed by atoms with Gasteiger partial charge in [0.2, 0.25) is 5.78 Å². The molecule has 0 unspecified atom stereocenters. The third-order valence-electron chi connectivity index (χ3n) is 3.35. The van der Waals surface area contributed by atoms with E-state index in [2.05, 4.69) is 9.97 Å². The summed E-state index contributed by atoms with van der Waals surface area (Å²) in [7, 11) is 0. The van der Waals surface area contributed by atoms with E-state index in [0.29, 0.717) is 23.7 Å². The number of hydrogen-bond acceptors (Lipinski definition) is 4. The predicted octanol–water partition coefficient (Wildman–Crippen LogP) is 3.60. The number of aromatic nitrogens is 2. The highest BCUT2D eigenvalue weighted by Crippen LogP contribution is 2.21. The van der Waals surface area contributed by atoms with Gasteiger partial charge in [-0.1, -0.05) is 36.4 Å². The van der Waals surface area contributed by atoms with Crippen molar-refractivity contribution in [2.75, 3.05) is 0 Å². The quantitative estimate of drug-likeness (QED) is 0.676. The summed E-state index contributed by atoms with van der Waals surface area (Å²) in [5.74, 6) is 0.229. The molecule has 0 aliphatic rings. The Morgan fingerprint density at radius 3 is 2.52 bits per heavy atom. The maximum absolute atomic E-state index is 12.6. The molecule has 3 rings (SSSR count). The Morgan fingerprint density at radius 2 is 1.78 bits per heavy atom. The summed E-state index contributed by atoms with van der Waals surface area (Å²) in [6, 6.07) is 18.6. The number of carbonyl (C=O) groups is 1. The van der Waals surface area contributed by atoms with Gasteiger partial charge in [0.05, 0.1) is 0 Å². The molecule has 0 bridgehead atoms. The van der Waals surface area contributed by atoms with Crippen molar-refractivity contribution in [2.45, 2.75) is 13.5 Å². The molecule has 23 heavy (non-hydrogen) atoms. The molecule has 0 saturated heterocycles. The van der Waals surface area contributed by atoms with Gasteiger partial charge in [0, 0.05) is 11.9 Å². The molecular formula is C19H16N2O2. The zero-order valence-electron chi connectivity index (χ0n) is 12.8. The van der Waals surface area contributed by atoms with Gasteiger partial charge in [0.1, 0.15) is 18.1 Å².